The largest absolute Gasteiger partial charge is 0.377 e. The van der Waals surface area contributed by atoms with Crippen LogP contribution in [0.1, 0.15) is 5.69 Å². The van der Waals surface area contributed by atoms with E-state index in [4.69, 9.17) is 9.47 Å². The Bertz CT molecular complexity index is 249. The highest BCUT2D eigenvalue weighted by Crippen LogP contribution is 1.95. The molecule has 0 unspecified atom stereocenters. The molecule has 0 atom stereocenters. The van der Waals surface area contributed by atoms with Gasteiger partial charge in [0.05, 0.1) is 32.1 Å². The Balaban J connectivity index is 0.000000181. The highest BCUT2D eigenvalue weighted by atomic mass is 16.6. The molecule has 0 bridgehead atoms. The van der Waals surface area contributed by atoms with Gasteiger partial charge < -0.3 is 14.4 Å². The van der Waals surface area contributed by atoms with Crippen LogP contribution in [-0.2, 0) is 16.0 Å². The van der Waals surface area contributed by atoms with Gasteiger partial charge in [-0.3, -0.25) is 4.98 Å². The van der Waals surface area contributed by atoms with E-state index < -0.39 is 0 Å². The van der Waals surface area contributed by atoms with Gasteiger partial charge in [0.15, 0.2) is 0 Å². The van der Waals surface area contributed by atoms with E-state index >= 15 is 0 Å². The molecule has 1 fully saturated rings. The second kappa shape index (κ2) is 8.21. The summed E-state index contributed by atoms with van der Waals surface area (Å²) in [5, 5.41) is 0. The minimum atomic E-state index is 0.778. The van der Waals surface area contributed by atoms with Gasteiger partial charge in [-0.1, -0.05) is 6.07 Å². The van der Waals surface area contributed by atoms with Crippen molar-refractivity contribution in [1.82, 2.24) is 9.88 Å². The van der Waals surface area contributed by atoms with Gasteiger partial charge in [0.2, 0.25) is 0 Å². The predicted molar refractivity (Wildman–Crippen MR) is 63.3 cm³/mol. The first kappa shape index (κ1) is 13.1. The maximum absolute atomic E-state index is 4.94. The number of pyridine rings is 1. The highest BCUT2D eigenvalue weighted by Gasteiger charge is 1.94. The monoisotopic (exact) mass is 224 g/mol. The molecule has 4 nitrogen and oxygen atoms in total. The van der Waals surface area contributed by atoms with Gasteiger partial charge in [0.1, 0.15) is 0 Å². The molecule has 0 amide bonds. The topological polar surface area (TPSA) is 34.6 Å². The molecule has 0 N–H and O–H groups in total. The molecule has 16 heavy (non-hydrogen) atoms. The molecule has 0 aliphatic carbocycles. The van der Waals surface area contributed by atoms with Crippen LogP contribution in [0.25, 0.3) is 0 Å². The first-order valence-electron chi connectivity index (χ1n) is 5.49. The third kappa shape index (κ3) is 6.50. The molecule has 1 aliphatic heterocycles. The first-order valence-corrected chi connectivity index (χ1v) is 5.49. The molecule has 0 saturated carbocycles. The van der Waals surface area contributed by atoms with Crippen molar-refractivity contribution in [1.29, 1.82) is 0 Å². The highest BCUT2D eigenvalue weighted by molar-refractivity contribution is 5.02. The SMILES string of the molecule is C1COCCO1.CN(C)Cc1ccccn1. The van der Waals surface area contributed by atoms with E-state index in [-0.39, 0.29) is 0 Å². The Morgan fingerprint density at radius 2 is 1.75 bits per heavy atom. The maximum Gasteiger partial charge on any atom is 0.0701 e. The van der Waals surface area contributed by atoms with Crippen molar-refractivity contribution in [3.8, 4) is 0 Å². The second-order valence-electron chi connectivity index (χ2n) is 3.78. The molecular formula is C12H20N2O2. The predicted octanol–water partition coefficient (Wildman–Crippen LogP) is 1.18. The van der Waals surface area contributed by atoms with Crippen LogP contribution < -0.4 is 0 Å². The van der Waals surface area contributed by atoms with E-state index in [1.165, 1.54) is 0 Å². The van der Waals surface area contributed by atoms with E-state index in [0.29, 0.717) is 0 Å². The molecule has 2 heterocycles. The number of aromatic nitrogens is 1. The Labute approximate surface area is 97.2 Å². The molecular weight excluding hydrogens is 204 g/mol. The fraction of sp³-hybridized carbons (Fsp3) is 0.583. The number of hydrogen-bond donors (Lipinski definition) is 0. The van der Waals surface area contributed by atoms with E-state index in [1.54, 1.807) is 0 Å². The average Bonchev–Trinajstić information content (AvgIpc) is 2.32. The van der Waals surface area contributed by atoms with Gasteiger partial charge in [-0.15, -0.1) is 0 Å². The van der Waals surface area contributed by atoms with Crippen molar-refractivity contribution < 1.29 is 9.47 Å². The van der Waals surface area contributed by atoms with Crippen LogP contribution in [0.4, 0.5) is 0 Å². The summed E-state index contributed by atoms with van der Waals surface area (Å²) in [6.07, 6.45) is 1.82. The summed E-state index contributed by atoms with van der Waals surface area (Å²) < 4.78 is 9.89. The summed E-state index contributed by atoms with van der Waals surface area (Å²) in [5.74, 6) is 0. The molecule has 0 radical (unpaired) electrons. The maximum atomic E-state index is 4.94. The number of rotatable bonds is 2. The van der Waals surface area contributed by atoms with Crippen LogP contribution in [0, 0.1) is 0 Å². The zero-order valence-corrected chi connectivity index (χ0v) is 10.1. The molecule has 4 heteroatoms. The number of nitrogens with zero attached hydrogens (tertiary/aromatic N) is 2. The van der Waals surface area contributed by atoms with E-state index in [1.807, 2.05) is 38.5 Å². The third-order valence-corrected chi connectivity index (χ3v) is 1.95. The molecule has 2 rings (SSSR count). The smallest absolute Gasteiger partial charge is 0.0701 e. The van der Waals surface area contributed by atoms with Crippen molar-refractivity contribution in [3.05, 3.63) is 30.1 Å². The Morgan fingerprint density at radius 3 is 2.12 bits per heavy atom. The van der Waals surface area contributed by atoms with Gasteiger partial charge in [0, 0.05) is 12.7 Å². The van der Waals surface area contributed by atoms with Gasteiger partial charge in [-0.25, -0.2) is 0 Å². The van der Waals surface area contributed by atoms with Crippen molar-refractivity contribution in [3.63, 3.8) is 0 Å². The summed E-state index contributed by atoms with van der Waals surface area (Å²) in [4.78, 5) is 6.28. The lowest BCUT2D eigenvalue weighted by atomic mass is 10.3. The fourth-order valence-electron chi connectivity index (χ4n) is 1.26. The minimum absolute atomic E-state index is 0.778. The van der Waals surface area contributed by atoms with Crippen LogP contribution in [0.5, 0.6) is 0 Å². The van der Waals surface area contributed by atoms with Crippen molar-refractivity contribution in [2.75, 3.05) is 40.5 Å². The lowest BCUT2D eigenvalue weighted by Crippen LogP contribution is -2.16. The summed E-state index contributed by atoms with van der Waals surface area (Å²) in [6, 6.07) is 5.96. The van der Waals surface area contributed by atoms with Gasteiger partial charge in [0.25, 0.3) is 0 Å². The molecule has 1 saturated heterocycles. The van der Waals surface area contributed by atoms with Crippen molar-refractivity contribution >= 4 is 0 Å². The van der Waals surface area contributed by atoms with Crippen molar-refractivity contribution in [2.24, 2.45) is 0 Å². The zero-order valence-electron chi connectivity index (χ0n) is 10.1. The first-order chi connectivity index (χ1) is 7.79. The lowest BCUT2D eigenvalue weighted by Gasteiger charge is -2.09. The van der Waals surface area contributed by atoms with Crippen LogP contribution >= 0.6 is 0 Å². The van der Waals surface area contributed by atoms with Crippen LogP contribution in [-0.4, -0.2) is 50.4 Å². The summed E-state index contributed by atoms with van der Waals surface area (Å²) in [6.45, 7) is 4.03. The van der Waals surface area contributed by atoms with E-state index in [0.717, 1.165) is 38.7 Å². The fourth-order valence-corrected chi connectivity index (χ4v) is 1.26. The normalized spacial score (nSPS) is 15.4. The molecule has 0 spiro atoms. The number of hydrogen-bond acceptors (Lipinski definition) is 4. The average molecular weight is 224 g/mol. The summed E-state index contributed by atoms with van der Waals surface area (Å²) in [7, 11) is 4.07. The Hall–Kier alpha value is -0.970. The quantitative estimate of drug-likeness (QED) is 0.755. The molecule has 1 aromatic rings. The Morgan fingerprint density at radius 1 is 1.12 bits per heavy atom. The van der Waals surface area contributed by atoms with Crippen LogP contribution in [0.15, 0.2) is 24.4 Å². The molecule has 90 valence electrons. The molecule has 1 aliphatic rings. The molecule has 1 aromatic heterocycles. The van der Waals surface area contributed by atoms with Gasteiger partial charge >= 0.3 is 0 Å². The number of ether oxygens (including phenoxy) is 2. The Kier molecular flexibility index (Phi) is 6.72. The van der Waals surface area contributed by atoms with E-state index in [2.05, 4.69) is 9.88 Å². The van der Waals surface area contributed by atoms with Crippen LogP contribution in [0.2, 0.25) is 0 Å². The summed E-state index contributed by atoms with van der Waals surface area (Å²) >= 11 is 0. The summed E-state index contributed by atoms with van der Waals surface area (Å²) in [5.41, 5.74) is 1.12. The molecule has 0 aromatic carbocycles. The van der Waals surface area contributed by atoms with Crippen LogP contribution in [0.3, 0.4) is 0 Å². The van der Waals surface area contributed by atoms with Gasteiger partial charge in [-0.2, -0.15) is 0 Å². The lowest BCUT2D eigenvalue weighted by molar-refractivity contribution is -0.0334. The van der Waals surface area contributed by atoms with Gasteiger partial charge in [-0.05, 0) is 26.2 Å². The zero-order chi connectivity index (χ0) is 11.6. The standard InChI is InChI=1S/C8H12N2.C4H8O2/c1-10(2)7-8-5-3-4-6-9-8;1-2-6-4-3-5-1/h3-6H,7H2,1-2H3;1-4H2. The minimum Gasteiger partial charge on any atom is -0.377 e. The van der Waals surface area contributed by atoms with Crippen molar-refractivity contribution in [2.45, 2.75) is 6.54 Å². The van der Waals surface area contributed by atoms with E-state index in [9.17, 15) is 0 Å². The third-order valence-electron chi connectivity index (χ3n) is 1.95. The second-order valence-corrected chi connectivity index (χ2v) is 3.78.